The van der Waals surface area contributed by atoms with Gasteiger partial charge >= 0.3 is 0 Å². The molecule has 0 atom stereocenters. The molecule has 0 unspecified atom stereocenters. The normalized spacial score (nSPS) is 11.9. The number of rotatable bonds is 5. The summed E-state index contributed by atoms with van der Waals surface area (Å²) in [5.74, 6) is 2.58. The zero-order valence-electron chi connectivity index (χ0n) is 22.5. The molecular weight excluding hydrogens is 515 g/mol. The second-order valence-electron chi connectivity index (χ2n) is 9.71. The van der Waals surface area contributed by atoms with Crippen molar-refractivity contribution < 1.29 is 18.6 Å². The van der Waals surface area contributed by atoms with E-state index < -0.39 is 0 Å². The summed E-state index contributed by atoms with van der Waals surface area (Å²) in [4.78, 5) is 7.39. The Kier molecular flexibility index (Phi) is 6.01. The van der Waals surface area contributed by atoms with E-state index in [4.69, 9.17) is 19.2 Å². The van der Waals surface area contributed by atoms with E-state index in [0.717, 1.165) is 61.8 Å². The van der Waals surface area contributed by atoms with Crippen molar-refractivity contribution in [1.29, 1.82) is 0 Å². The van der Waals surface area contributed by atoms with E-state index >= 15 is 0 Å². The number of aromatic nitrogens is 1. The van der Waals surface area contributed by atoms with E-state index in [1.807, 2.05) is 78.9 Å². The Morgan fingerprint density at radius 2 is 1.24 bits per heavy atom. The number of hydrogen-bond donors (Lipinski definition) is 0. The molecule has 6 aromatic rings. The molecule has 0 aliphatic carbocycles. The predicted octanol–water partition coefficient (Wildman–Crippen LogP) is 9.30. The summed E-state index contributed by atoms with van der Waals surface area (Å²) >= 11 is 0. The molecule has 0 saturated carbocycles. The number of ether oxygens (including phenoxy) is 3. The van der Waals surface area contributed by atoms with Gasteiger partial charge in [-0.05, 0) is 83.9 Å². The standard InChI is InChI=1S/C35H25FN2O3/c1-39-25-18-23(19-26(20-25)40-2)28-21-29(22-14-16-24(36)17-15-22)37-35-27(28)8-7-11-32(35)38-30-9-3-5-12-33(30)41-34-13-6-4-10-31(34)38/h3-21H,1-2H3. The van der Waals surface area contributed by atoms with Crippen molar-refractivity contribution in [3.63, 3.8) is 0 Å². The Labute approximate surface area is 237 Å². The van der Waals surface area contributed by atoms with Crippen molar-refractivity contribution in [2.24, 2.45) is 0 Å². The van der Waals surface area contributed by atoms with Crippen LogP contribution in [0, 0.1) is 5.82 Å². The third-order valence-electron chi connectivity index (χ3n) is 7.29. The molecule has 0 saturated heterocycles. The van der Waals surface area contributed by atoms with Crippen LogP contribution in [0.4, 0.5) is 21.5 Å². The first-order chi connectivity index (χ1) is 20.1. The highest BCUT2D eigenvalue weighted by Gasteiger charge is 2.27. The first kappa shape index (κ1) is 24.7. The number of para-hydroxylation sites is 5. The maximum atomic E-state index is 13.9. The van der Waals surface area contributed by atoms with Gasteiger partial charge in [-0.25, -0.2) is 9.37 Å². The quantitative estimate of drug-likeness (QED) is 0.218. The minimum Gasteiger partial charge on any atom is -0.497 e. The lowest BCUT2D eigenvalue weighted by molar-refractivity contribution is 0.394. The van der Waals surface area contributed by atoms with Gasteiger partial charge in [0.05, 0.1) is 42.5 Å². The smallest absolute Gasteiger partial charge is 0.151 e. The van der Waals surface area contributed by atoms with Crippen LogP contribution in [0.15, 0.2) is 115 Å². The van der Waals surface area contributed by atoms with Crippen molar-refractivity contribution >= 4 is 28.0 Å². The fourth-order valence-electron chi connectivity index (χ4n) is 5.35. The Bertz CT molecular complexity index is 1850. The summed E-state index contributed by atoms with van der Waals surface area (Å²) in [6.07, 6.45) is 0. The summed E-state index contributed by atoms with van der Waals surface area (Å²) < 4.78 is 31.3. The number of fused-ring (bicyclic) bond motifs is 3. The van der Waals surface area contributed by atoms with E-state index in [1.165, 1.54) is 12.1 Å². The third-order valence-corrected chi connectivity index (χ3v) is 7.29. The SMILES string of the molecule is COc1cc(OC)cc(-c2cc(-c3ccc(F)cc3)nc3c(N4c5ccccc5Oc5ccccc54)cccc23)c1. The Hall–Kier alpha value is -5.36. The molecule has 7 rings (SSSR count). The van der Waals surface area contributed by atoms with Gasteiger partial charge < -0.3 is 19.1 Å². The molecule has 1 aliphatic heterocycles. The second kappa shape index (κ2) is 9.99. The summed E-state index contributed by atoms with van der Waals surface area (Å²) in [6, 6.07) is 36.4. The summed E-state index contributed by atoms with van der Waals surface area (Å²) in [5, 5.41) is 0.949. The zero-order valence-corrected chi connectivity index (χ0v) is 22.5. The molecular formula is C35H25FN2O3. The molecule has 1 aromatic heterocycles. The van der Waals surface area contributed by atoms with Crippen molar-refractivity contribution in [2.45, 2.75) is 0 Å². The van der Waals surface area contributed by atoms with Gasteiger partial charge in [0.1, 0.15) is 17.3 Å². The Balaban J connectivity index is 1.55. The summed E-state index contributed by atoms with van der Waals surface area (Å²) in [6.45, 7) is 0. The van der Waals surface area contributed by atoms with Crippen LogP contribution in [0.3, 0.4) is 0 Å². The molecule has 0 spiro atoms. The van der Waals surface area contributed by atoms with E-state index in [2.05, 4.69) is 17.0 Å². The molecule has 1 aliphatic rings. The van der Waals surface area contributed by atoms with Crippen LogP contribution < -0.4 is 19.1 Å². The van der Waals surface area contributed by atoms with E-state index in [9.17, 15) is 4.39 Å². The lowest BCUT2D eigenvalue weighted by atomic mass is 9.96. The van der Waals surface area contributed by atoms with E-state index in [0.29, 0.717) is 11.5 Å². The van der Waals surface area contributed by atoms with Gasteiger partial charge in [-0.15, -0.1) is 0 Å². The highest BCUT2D eigenvalue weighted by atomic mass is 19.1. The van der Waals surface area contributed by atoms with Crippen LogP contribution >= 0.6 is 0 Å². The number of pyridine rings is 1. The maximum Gasteiger partial charge on any atom is 0.151 e. The van der Waals surface area contributed by atoms with Gasteiger partial charge in [0.15, 0.2) is 11.5 Å². The van der Waals surface area contributed by atoms with Crippen molar-refractivity contribution in [3.05, 3.63) is 121 Å². The first-order valence-electron chi connectivity index (χ1n) is 13.2. The predicted molar refractivity (Wildman–Crippen MR) is 160 cm³/mol. The van der Waals surface area contributed by atoms with Crippen LogP contribution in [0.1, 0.15) is 0 Å². The van der Waals surface area contributed by atoms with Crippen LogP contribution in [-0.4, -0.2) is 19.2 Å². The molecule has 0 bridgehead atoms. The average Bonchev–Trinajstić information content (AvgIpc) is 3.03. The lowest BCUT2D eigenvalue weighted by Gasteiger charge is -2.33. The van der Waals surface area contributed by atoms with Gasteiger partial charge in [0.2, 0.25) is 0 Å². The number of benzene rings is 5. The number of anilines is 3. The molecule has 41 heavy (non-hydrogen) atoms. The monoisotopic (exact) mass is 540 g/mol. The largest absolute Gasteiger partial charge is 0.497 e. The minimum atomic E-state index is -0.297. The second-order valence-corrected chi connectivity index (χ2v) is 9.71. The molecule has 0 radical (unpaired) electrons. The Morgan fingerprint density at radius 1 is 0.634 bits per heavy atom. The fraction of sp³-hybridized carbons (Fsp3) is 0.0571. The molecule has 200 valence electrons. The molecule has 0 N–H and O–H groups in total. The fourth-order valence-corrected chi connectivity index (χ4v) is 5.35. The van der Waals surface area contributed by atoms with Gasteiger partial charge in [0, 0.05) is 17.0 Å². The Morgan fingerprint density at radius 3 is 1.88 bits per heavy atom. The summed E-state index contributed by atoms with van der Waals surface area (Å²) in [5.41, 5.74) is 6.90. The lowest BCUT2D eigenvalue weighted by Crippen LogP contribution is -2.16. The molecule has 0 fully saturated rings. The van der Waals surface area contributed by atoms with Crippen LogP contribution in [0.25, 0.3) is 33.3 Å². The molecule has 5 aromatic carbocycles. The van der Waals surface area contributed by atoms with Crippen molar-refractivity contribution in [3.8, 4) is 45.4 Å². The van der Waals surface area contributed by atoms with Crippen LogP contribution in [-0.2, 0) is 0 Å². The van der Waals surface area contributed by atoms with E-state index in [1.54, 1.807) is 26.4 Å². The topological polar surface area (TPSA) is 43.8 Å². The van der Waals surface area contributed by atoms with Gasteiger partial charge in [-0.1, -0.05) is 36.4 Å². The van der Waals surface area contributed by atoms with Gasteiger partial charge in [-0.3, -0.25) is 0 Å². The molecule has 2 heterocycles. The number of nitrogens with zero attached hydrogens (tertiary/aromatic N) is 2. The molecule has 0 amide bonds. The maximum absolute atomic E-state index is 13.9. The van der Waals surface area contributed by atoms with Gasteiger partial charge in [-0.2, -0.15) is 0 Å². The highest BCUT2D eigenvalue weighted by molar-refractivity contribution is 6.06. The number of halogens is 1. The molecule has 5 nitrogen and oxygen atoms in total. The van der Waals surface area contributed by atoms with Crippen molar-refractivity contribution in [1.82, 2.24) is 4.98 Å². The number of methoxy groups -OCH3 is 2. The highest BCUT2D eigenvalue weighted by Crippen LogP contribution is 2.52. The molecule has 6 heteroatoms. The van der Waals surface area contributed by atoms with Crippen molar-refractivity contribution in [2.75, 3.05) is 19.1 Å². The zero-order chi connectivity index (χ0) is 27.9. The summed E-state index contributed by atoms with van der Waals surface area (Å²) in [7, 11) is 3.27. The average molecular weight is 541 g/mol. The van der Waals surface area contributed by atoms with Crippen LogP contribution in [0.2, 0.25) is 0 Å². The third kappa shape index (κ3) is 4.30. The van der Waals surface area contributed by atoms with Gasteiger partial charge in [0.25, 0.3) is 0 Å². The first-order valence-corrected chi connectivity index (χ1v) is 13.2. The minimum absolute atomic E-state index is 0.297. The van der Waals surface area contributed by atoms with E-state index in [-0.39, 0.29) is 5.82 Å². The number of hydrogen-bond acceptors (Lipinski definition) is 5. The van der Waals surface area contributed by atoms with Crippen LogP contribution in [0.5, 0.6) is 23.0 Å².